The third-order valence-corrected chi connectivity index (χ3v) is 4.05. The van der Waals surface area contributed by atoms with Gasteiger partial charge < -0.3 is 10.2 Å². The van der Waals surface area contributed by atoms with Gasteiger partial charge >= 0.3 is 0 Å². The molecule has 1 heterocycles. The number of hydrogen-bond donors (Lipinski definition) is 3. The Morgan fingerprint density at radius 3 is 2.91 bits per heavy atom. The van der Waals surface area contributed by atoms with E-state index in [9.17, 15) is 15.0 Å². The summed E-state index contributed by atoms with van der Waals surface area (Å²) in [7, 11) is 0. The van der Waals surface area contributed by atoms with Crippen molar-refractivity contribution in [3.8, 4) is 17.6 Å². The molecule has 2 rings (SSSR count). The molecule has 0 radical (unpaired) electrons. The molecule has 0 aliphatic heterocycles. The molecule has 0 saturated heterocycles. The molecule has 0 fully saturated rings. The monoisotopic (exact) mass is 348 g/mol. The standard InChI is InChI=1S/C14H12N4O3S2/c1-2-22-14-17-13(23-18-14)16-12(21)9(7-15)5-8-3-4-10(19)11(20)6-8/h3-6,19-20H,2H2,1H3,(H,16,17,18,21)/b9-5-. The second-order valence-corrected chi connectivity index (χ2v) is 6.17. The lowest BCUT2D eigenvalue weighted by Crippen LogP contribution is -2.13. The molecular formula is C14H12N4O3S2. The molecule has 3 N–H and O–H groups in total. The molecule has 0 saturated carbocycles. The van der Waals surface area contributed by atoms with Crippen LogP contribution in [0, 0.1) is 11.3 Å². The first-order valence-electron chi connectivity index (χ1n) is 6.45. The quantitative estimate of drug-likeness (QED) is 0.329. The largest absolute Gasteiger partial charge is 0.504 e. The van der Waals surface area contributed by atoms with E-state index < -0.39 is 5.91 Å². The SMILES string of the molecule is CCSc1nsc(NC(=O)/C(C#N)=C\c2ccc(O)c(O)c2)n1. The van der Waals surface area contributed by atoms with Crippen molar-refractivity contribution in [1.82, 2.24) is 9.36 Å². The van der Waals surface area contributed by atoms with Gasteiger partial charge in [-0.05, 0) is 29.5 Å². The highest BCUT2D eigenvalue weighted by Gasteiger charge is 2.13. The molecule has 118 valence electrons. The first-order valence-corrected chi connectivity index (χ1v) is 8.21. The first kappa shape index (κ1) is 16.8. The lowest BCUT2D eigenvalue weighted by molar-refractivity contribution is -0.112. The van der Waals surface area contributed by atoms with E-state index >= 15 is 0 Å². The van der Waals surface area contributed by atoms with Gasteiger partial charge in [0.15, 0.2) is 11.5 Å². The molecule has 1 aromatic carbocycles. The summed E-state index contributed by atoms with van der Waals surface area (Å²) in [5.74, 6) is -0.413. The molecule has 9 heteroatoms. The van der Waals surface area contributed by atoms with Crippen LogP contribution in [0.5, 0.6) is 11.5 Å². The molecule has 0 unspecified atom stereocenters. The fraction of sp³-hybridized carbons (Fsp3) is 0.143. The molecule has 0 atom stereocenters. The molecule has 0 aliphatic carbocycles. The van der Waals surface area contributed by atoms with Crippen LogP contribution in [0.4, 0.5) is 5.13 Å². The van der Waals surface area contributed by atoms with Crippen LogP contribution in [0.2, 0.25) is 0 Å². The van der Waals surface area contributed by atoms with Crippen LogP contribution < -0.4 is 5.32 Å². The fourth-order valence-corrected chi connectivity index (χ4v) is 2.82. The third-order valence-electron chi connectivity index (χ3n) is 2.58. The highest BCUT2D eigenvalue weighted by Crippen LogP contribution is 2.26. The zero-order valence-corrected chi connectivity index (χ0v) is 13.6. The molecule has 7 nitrogen and oxygen atoms in total. The minimum absolute atomic E-state index is 0.157. The van der Waals surface area contributed by atoms with E-state index in [1.54, 1.807) is 6.07 Å². The average molecular weight is 348 g/mol. The highest BCUT2D eigenvalue weighted by atomic mass is 32.2. The van der Waals surface area contributed by atoms with Crippen LogP contribution in [0.25, 0.3) is 6.08 Å². The third kappa shape index (κ3) is 4.45. The Kier molecular flexibility index (Phi) is 5.56. The number of nitrogens with zero attached hydrogens (tertiary/aromatic N) is 3. The summed E-state index contributed by atoms with van der Waals surface area (Å²) in [5, 5.41) is 31.2. The van der Waals surface area contributed by atoms with Crippen LogP contribution in [0.15, 0.2) is 28.9 Å². The molecule has 23 heavy (non-hydrogen) atoms. The smallest absolute Gasteiger partial charge is 0.268 e. The first-order chi connectivity index (χ1) is 11.0. The Labute approximate surface area is 140 Å². The van der Waals surface area contributed by atoms with Crippen LogP contribution in [-0.4, -0.2) is 31.2 Å². The zero-order valence-electron chi connectivity index (χ0n) is 12.0. The van der Waals surface area contributed by atoms with E-state index in [2.05, 4.69) is 14.7 Å². The summed E-state index contributed by atoms with van der Waals surface area (Å²) in [6.45, 7) is 1.97. The summed E-state index contributed by atoms with van der Waals surface area (Å²) < 4.78 is 4.07. The number of carbonyl (C=O) groups is 1. The summed E-state index contributed by atoms with van der Waals surface area (Å²) in [5.41, 5.74) is 0.251. The van der Waals surface area contributed by atoms with Gasteiger partial charge in [0.1, 0.15) is 11.6 Å². The topological polar surface area (TPSA) is 119 Å². The van der Waals surface area contributed by atoms with E-state index in [1.807, 2.05) is 6.92 Å². The normalized spacial score (nSPS) is 11.0. The fourth-order valence-electron chi connectivity index (χ4n) is 1.56. The average Bonchev–Trinajstić information content (AvgIpc) is 2.95. The van der Waals surface area contributed by atoms with Crippen molar-refractivity contribution in [2.45, 2.75) is 12.1 Å². The molecular weight excluding hydrogens is 336 g/mol. The Balaban J connectivity index is 2.15. The van der Waals surface area contributed by atoms with Crippen molar-refractivity contribution in [2.24, 2.45) is 0 Å². The minimum atomic E-state index is -0.621. The number of anilines is 1. The van der Waals surface area contributed by atoms with E-state index in [1.165, 1.54) is 36.0 Å². The van der Waals surface area contributed by atoms with Gasteiger partial charge in [-0.25, -0.2) is 0 Å². The molecule has 2 aromatic rings. The lowest BCUT2D eigenvalue weighted by Gasteiger charge is -2.01. The summed E-state index contributed by atoms with van der Waals surface area (Å²) in [4.78, 5) is 16.2. The number of phenols is 2. The number of phenolic OH excluding ortho intramolecular Hbond substituents is 2. The predicted octanol–water partition coefficient (Wildman–Crippen LogP) is 2.61. The summed E-state index contributed by atoms with van der Waals surface area (Å²) in [6.07, 6.45) is 1.30. The highest BCUT2D eigenvalue weighted by molar-refractivity contribution is 7.99. The van der Waals surface area contributed by atoms with Crippen molar-refractivity contribution in [3.63, 3.8) is 0 Å². The van der Waals surface area contributed by atoms with Gasteiger partial charge in [0.2, 0.25) is 10.3 Å². The van der Waals surface area contributed by atoms with Gasteiger partial charge in [-0.15, -0.1) is 0 Å². The minimum Gasteiger partial charge on any atom is -0.504 e. The number of nitrogens with one attached hydrogen (secondary N) is 1. The van der Waals surface area contributed by atoms with Crippen molar-refractivity contribution >= 4 is 40.4 Å². The number of aromatic hydroxyl groups is 2. The maximum atomic E-state index is 12.1. The van der Waals surface area contributed by atoms with Crippen LogP contribution in [-0.2, 0) is 4.79 Å². The molecule has 0 bridgehead atoms. The van der Waals surface area contributed by atoms with Gasteiger partial charge in [-0.2, -0.15) is 14.6 Å². The number of thioether (sulfide) groups is 1. The molecule has 1 amide bonds. The van der Waals surface area contributed by atoms with Gasteiger partial charge in [0, 0.05) is 11.5 Å². The maximum absolute atomic E-state index is 12.1. The number of nitriles is 1. The van der Waals surface area contributed by atoms with Gasteiger partial charge in [-0.1, -0.05) is 24.8 Å². The Hall–Kier alpha value is -2.57. The van der Waals surface area contributed by atoms with Crippen LogP contribution >= 0.6 is 23.3 Å². The molecule has 1 aromatic heterocycles. The predicted molar refractivity (Wildman–Crippen MR) is 88.3 cm³/mol. The lowest BCUT2D eigenvalue weighted by atomic mass is 10.1. The van der Waals surface area contributed by atoms with E-state index in [-0.39, 0.29) is 17.1 Å². The molecule has 0 spiro atoms. The number of hydrogen-bond acceptors (Lipinski definition) is 8. The number of carbonyl (C=O) groups excluding carboxylic acids is 1. The number of rotatable bonds is 5. The van der Waals surface area contributed by atoms with Crippen molar-refractivity contribution in [2.75, 3.05) is 11.1 Å². The summed E-state index contributed by atoms with van der Waals surface area (Å²) in [6, 6.07) is 5.79. The van der Waals surface area contributed by atoms with Crippen molar-refractivity contribution in [3.05, 3.63) is 29.3 Å². The van der Waals surface area contributed by atoms with Crippen molar-refractivity contribution in [1.29, 1.82) is 5.26 Å². The van der Waals surface area contributed by atoms with Crippen LogP contribution in [0.1, 0.15) is 12.5 Å². The summed E-state index contributed by atoms with van der Waals surface area (Å²) >= 11 is 2.48. The van der Waals surface area contributed by atoms with Crippen molar-refractivity contribution < 1.29 is 15.0 Å². The van der Waals surface area contributed by atoms with Crippen LogP contribution in [0.3, 0.4) is 0 Å². The van der Waals surface area contributed by atoms with Gasteiger partial charge in [0.05, 0.1) is 0 Å². The number of benzene rings is 1. The Morgan fingerprint density at radius 2 is 2.26 bits per heavy atom. The van der Waals surface area contributed by atoms with Gasteiger partial charge in [-0.3, -0.25) is 10.1 Å². The second kappa shape index (κ2) is 7.62. The van der Waals surface area contributed by atoms with E-state index in [0.717, 1.165) is 17.3 Å². The number of aromatic nitrogens is 2. The van der Waals surface area contributed by atoms with E-state index in [0.29, 0.717) is 15.9 Å². The van der Waals surface area contributed by atoms with Gasteiger partial charge in [0.25, 0.3) is 5.91 Å². The maximum Gasteiger partial charge on any atom is 0.268 e. The Bertz CT molecular complexity index is 796. The zero-order chi connectivity index (χ0) is 16.8. The number of amides is 1. The Morgan fingerprint density at radius 1 is 1.48 bits per heavy atom. The molecule has 0 aliphatic rings. The second-order valence-electron chi connectivity index (χ2n) is 4.19. The van der Waals surface area contributed by atoms with E-state index in [4.69, 9.17) is 5.26 Å².